The number of para-hydroxylation sites is 1. The second kappa shape index (κ2) is 9.78. The van der Waals surface area contributed by atoms with Gasteiger partial charge in [-0.3, -0.25) is 9.69 Å². The van der Waals surface area contributed by atoms with Crippen LogP contribution in [0.5, 0.6) is 0 Å². The summed E-state index contributed by atoms with van der Waals surface area (Å²) < 4.78 is 5.96. The number of benzene rings is 3. The van der Waals surface area contributed by atoms with Gasteiger partial charge in [-0.05, 0) is 35.7 Å². The smallest absolute Gasteiger partial charge is 0.410 e. The molecule has 0 N–H and O–H groups in total. The third kappa shape index (κ3) is 4.53. The summed E-state index contributed by atoms with van der Waals surface area (Å²) in [5.74, 6) is -0.141. The molecule has 0 bridgehead atoms. The quantitative estimate of drug-likeness (QED) is 0.385. The van der Waals surface area contributed by atoms with Gasteiger partial charge >= 0.3 is 6.09 Å². The Hall–Kier alpha value is -4.46. The van der Waals surface area contributed by atoms with E-state index in [4.69, 9.17) is 4.74 Å². The molecule has 2 fully saturated rings. The molecule has 0 aliphatic carbocycles. The van der Waals surface area contributed by atoms with Crippen molar-refractivity contribution in [3.8, 4) is 16.8 Å². The van der Waals surface area contributed by atoms with E-state index >= 15 is 0 Å². The van der Waals surface area contributed by atoms with Crippen LogP contribution in [-0.2, 0) is 11.3 Å². The zero-order valence-electron chi connectivity index (χ0n) is 21.3. The van der Waals surface area contributed by atoms with Crippen LogP contribution in [0.4, 0.5) is 4.79 Å². The average Bonchev–Trinajstić information content (AvgIpc) is 3.49. The maximum absolute atomic E-state index is 13.3. The Morgan fingerprint density at radius 1 is 0.895 bits per heavy atom. The molecule has 0 atom stereocenters. The minimum Gasteiger partial charge on any atom is -0.441 e. The lowest BCUT2D eigenvalue weighted by molar-refractivity contribution is 0.00293. The van der Waals surface area contributed by atoms with Gasteiger partial charge in [0.05, 0.1) is 17.9 Å². The van der Waals surface area contributed by atoms with E-state index in [0.717, 1.165) is 22.4 Å². The molecule has 192 valence electrons. The van der Waals surface area contributed by atoms with Crippen molar-refractivity contribution in [1.29, 1.82) is 0 Å². The van der Waals surface area contributed by atoms with Crippen molar-refractivity contribution in [3.05, 3.63) is 102 Å². The molecule has 4 aromatic rings. The number of piperidine rings is 1. The summed E-state index contributed by atoms with van der Waals surface area (Å²) in [7, 11) is 0. The Bertz CT molecular complexity index is 1460. The highest BCUT2D eigenvalue weighted by molar-refractivity contribution is 5.93. The van der Waals surface area contributed by atoms with Gasteiger partial charge in [-0.1, -0.05) is 72.8 Å². The van der Waals surface area contributed by atoms with Crippen LogP contribution < -0.4 is 0 Å². The molecule has 8 heteroatoms. The van der Waals surface area contributed by atoms with Crippen molar-refractivity contribution in [2.24, 2.45) is 0 Å². The minimum atomic E-state index is -0.577. The number of hydrogen-bond acceptors (Lipinski definition) is 5. The first-order chi connectivity index (χ1) is 18.5. The maximum Gasteiger partial charge on any atom is 0.410 e. The highest BCUT2D eigenvalue weighted by Crippen LogP contribution is 2.35. The number of aromatic nitrogens is 3. The SMILES string of the molecule is Cc1nn(-c2ccccc2)nc1C(=O)N1CCC2(CC1)CN(Cc1ccccc1-c1ccccc1)C(=O)O2. The van der Waals surface area contributed by atoms with Crippen LogP contribution in [0.15, 0.2) is 84.9 Å². The van der Waals surface area contributed by atoms with Crippen LogP contribution in [0.3, 0.4) is 0 Å². The third-order valence-corrected chi connectivity index (χ3v) is 7.44. The molecule has 38 heavy (non-hydrogen) atoms. The lowest BCUT2D eigenvalue weighted by Crippen LogP contribution is -2.48. The summed E-state index contributed by atoms with van der Waals surface area (Å²) in [6.07, 6.45) is 0.884. The number of amides is 2. The van der Waals surface area contributed by atoms with Gasteiger partial charge in [-0.15, -0.1) is 5.10 Å². The second-order valence-corrected chi connectivity index (χ2v) is 9.98. The molecule has 3 heterocycles. The molecule has 1 spiro atoms. The Morgan fingerprint density at radius 2 is 1.55 bits per heavy atom. The van der Waals surface area contributed by atoms with E-state index in [-0.39, 0.29) is 12.0 Å². The Balaban J connectivity index is 1.12. The lowest BCUT2D eigenvalue weighted by atomic mass is 9.91. The highest BCUT2D eigenvalue weighted by atomic mass is 16.6. The Labute approximate surface area is 221 Å². The van der Waals surface area contributed by atoms with E-state index in [1.54, 1.807) is 16.7 Å². The van der Waals surface area contributed by atoms with Crippen LogP contribution in [0, 0.1) is 6.92 Å². The summed E-state index contributed by atoms with van der Waals surface area (Å²) in [6, 6.07) is 27.9. The van der Waals surface area contributed by atoms with Gasteiger partial charge in [-0.2, -0.15) is 9.90 Å². The molecule has 3 aromatic carbocycles. The number of likely N-dealkylation sites (tertiary alicyclic amines) is 1. The largest absolute Gasteiger partial charge is 0.441 e. The fourth-order valence-electron chi connectivity index (χ4n) is 5.36. The predicted molar refractivity (Wildman–Crippen MR) is 143 cm³/mol. The van der Waals surface area contributed by atoms with Gasteiger partial charge in [-0.25, -0.2) is 4.79 Å². The van der Waals surface area contributed by atoms with Crippen molar-refractivity contribution in [2.75, 3.05) is 19.6 Å². The molecule has 0 saturated carbocycles. The lowest BCUT2D eigenvalue weighted by Gasteiger charge is -2.37. The fourth-order valence-corrected chi connectivity index (χ4v) is 5.36. The number of hydrogen-bond donors (Lipinski definition) is 0. The molecule has 2 aliphatic heterocycles. The molecular formula is C30H29N5O3. The predicted octanol–water partition coefficient (Wildman–Crippen LogP) is 4.87. The summed E-state index contributed by atoms with van der Waals surface area (Å²) in [5.41, 5.74) is 4.49. The van der Waals surface area contributed by atoms with E-state index in [2.05, 4.69) is 34.5 Å². The average molecular weight is 508 g/mol. The van der Waals surface area contributed by atoms with Gasteiger partial charge in [0, 0.05) is 32.5 Å². The Morgan fingerprint density at radius 3 is 2.29 bits per heavy atom. The number of aryl methyl sites for hydroxylation is 1. The van der Waals surface area contributed by atoms with Crippen LogP contribution in [0.1, 0.15) is 34.6 Å². The first kappa shape index (κ1) is 23.9. The van der Waals surface area contributed by atoms with E-state index in [1.807, 2.05) is 60.7 Å². The van der Waals surface area contributed by atoms with Crippen molar-refractivity contribution in [2.45, 2.75) is 31.9 Å². The van der Waals surface area contributed by atoms with E-state index < -0.39 is 5.60 Å². The molecule has 1 aromatic heterocycles. The topological polar surface area (TPSA) is 80.6 Å². The third-order valence-electron chi connectivity index (χ3n) is 7.44. The van der Waals surface area contributed by atoms with E-state index in [0.29, 0.717) is 50.4 Å². The molecule has 6 rings (SSSR count). The van der Waals surface area contributed by atoms with Crippen LogP contribution >= 0.6 is 0 Å². The molecule has 2 saturated heterocycles. The first-order valence-corrected chi connectivity index (χ1v) is 12.9. The number of carbonyl (C=O) groups excluding carboxylic acids is 2. The van der Waals surface area contributed by atoms with E-state index in [9.17, 15) is 9.59 Å². The molecule has 2 aliphatic rings. The second-order valence-electron chi connectivity index (χ2n) is 9.98. The molecule has 2 amide bonds. The Kier molecular flexibility index (Phi) is 6.15. The van der Waals surface area contributed by atoms with Crippen molar-refractivity contribution < 1.29 is 14.3 Å². The molecule has 0 unspecified atom stereocenters. The zero-order chi connectivity index (χ0) is 26.1. The molecule has 8 nitrogen and oxygen atoms in total. The molecular weight excluding hydrogens is 478 g/mol. The standard InChI is InChI=1S/C30H29N5O3/c1-22-27(32-35(31-22)25-13-6-3-7-14-25)28(36)33-18-16-30(17-19-33)21-34(29(37)38-30)20-24-12-8-9-15-26(24)23-10-4-2-5-11-23/h2-15H,16-21H2,1H3. The number of ether oxygens (including phenoxy) is 1. The van der Waals surface area contributed by atoms with Crippen LogP contribution in [-0.4, -0.2) is 62.0 Å². The summed E-state index contributed by atoms with van der Waals surface area (Å²) >= 11 is 0. The van der Waals surface area contributed by atoms with Crippen molar-refractivity contribution in [3.63, 3.8) is 0 Å². The fraction of sp³-hybridized carbons (Fsp3) is 0.267. The van der Waals surface area contributed by atoms with E-state index in [1.165, 1.54) is 4.80 Å². The zero-order valence-corrected chi connectivity index (χ0v) is 21.3. The van der Waals surface area contributed by atoms with Gasteiger partial charge < -0.3 is 9.64 Å². The van der Waals surface area contributed by atoms with Crippen LogP contribution in [0.25, 0.3) is 16.8 Å². The summed E-state index contributed by atoms with van der Waals surface area (Å²) in [6.45, 7) is 3.79. The monoisotopic (exact) mass is 507 g/mol. The van der Waals surface area contributed by atoms with Gasteiger partial charge in [0.2, 0.25) is 0 Å². The van der Waals surface area contributed by atoms with Gasteiger partial charge in [0.15, 0.2) is 5.69 Å². The van der Waals surface area contributed by atoms with Crippen molar-refractivity contribution >= 4 is 12.0 Å². The number of nitrogens with zero attached hydrogens (tertiary/aromatic N) is 5. The number of carbonyl (C=O) groups is 2. The van der Waals surface area contributed by atoms with Crippen molar-refractivity contribution in [1.82, 2.24) is 24.8 Å². The number of rotatable bonds is 5. The van der Waals surface area contributed by atoms with Crippen LogP contribution in [0.2, 0.25) is 0 Å². The molecule has 0 radical (unpaired) electrons. The van der Waals surface area contributed by atoms with Gasteiger partial charge in [0.1, 0.15) is 5.60 Å². The van der Waals surface area contributed by atoms with Gasteiger partial charge in [0.25, 0.3) is 5.91 Å². The normalized spacial score (nSPS) is 16.6. The minimum absolute atomic E-state index is 0.141. The summed E-state index contributed by atoms with van der Waals surface area (Å²) in [5, 5.41) is 8.91. The maximum atomic E-state index is 13.3. The first-order valence-electron chi connectivity index (χ1n) is 12.9. The summed E-state index contributed by atoms with van der Waals surface area (Å²) in [4.78, 5) is 31.3. The highest BCUT2D eigenvalue weighted by Gasteiger charge is 2.47.